The van der Waals surface area contributed by atoms with Gasteiger partial charge >= 0.3 is 0 Å². The van der Waals surface area contributed by atoms with Gasteiger partial charge in [0, 0.05) is 17.8 Å². The monoisotopic (exact) mass is 227 g/mol. The summed E-state index contributed by atoms with van der Waals surface area (Å²) in [5, 5.41) is 1.41. The molecule has 0 spiro atoms. The van der Waals surface area contributed by atoms with E-state index in [1.54, 1.807) is 5.69 Å². The number of nitrogens with zero attached hydrogens (tertiary/aromatic N) is 1. The molecule has 3 rings (SSSR count). The number of aromatic nitrogens is 1. The molecule has 17 heavy (non-hydrogen) atoms. The molecule has 90 valence electrons. The Morgan fingerprint density at radius 3 is 2.65 bits per heavy atom. The summed E-state index contributed by atoms with van der Waals surface area (Å²) in [6, 6.07) is 11.2. The second-order valence-corrected chi connectivity index (χ2v) is 5.21. The Morgan fingerprint density at radius 2 is 1.88 bits per heavy atom. The quantitative estimate of drug-likeness (QED) is 0.700. The van der Waals surface area contributed by atoms with Crippen LogP contribution in [0.2, 0.25) is 0 Å². The van der Waals surface area contributed by atoms with Crippen molar-refractivity contribution in [3.05, 3.63) is 36.0 Å². The molecule has 2 aromatic rings. The predicted octanol–water partition coefficient (Wildman–Crippen LogP) is 4.71. The number of benzene rings is 1. The molecule has 1 fully saturated rings. The van der Waals surface area contributed by atoms with Gasteiger partial charge in [-0.3, -0.25) is 0 Å². The van der Waals surface area contributed by atoms with E-state index in [2.05, 4.69) is 41.8 Å². The van der Waals surface area contributed by atoms with Crippen LogP contribution in [0.25, 0.3) is 10.9 Å². The van der Waals surface area contributed by atoms with E-state index in [9.17, 15) is 0 Å². The second kappa shape index (κ2) is 4.56. The highest BCUT2D eigenvalue weighted by molar-refractivity contribution is 5.81. The zero-order valence-corrected chi connectivity index (χ0v) is 10.7. The van der Waals surface area contributed by atoms with E-state index in [0.717, 1.165) is 12.5 Å². The van der Waals surface area contributed by atoms with Crippen LogP contribution >= 0.6 is 0 Å². The number of aryl methyl sites for hydroxylation is 1. The topological polar surface area (TPSA) is 4.93 Å². The van der Waals surface area contributed by atoms with Gasteiger partial charge in [0.1, 0.15) is 0 Å². The molecule has 1 aromatic heterocycles. The molecule has 1 saturated carbocycles. The van der Waals surface area contributed by atoms with Crippen molar-refractivity contribution in [2.75, 3.05) is 0 Å². The standard InChI is InChI=1S/C16H21N/c1-2-17-15-11-7-6-10-14(15)12-16(17)13-8-4-3-5-9-13/h6-7,10-13H,2-5,8-9H2,1H3. The summed E-state index contributed by atoms with van der Waals surface area (Å²) in [4.78, 5) is 0. The molecule has 0 bridgehead atoms. The summed E-state index contributed by atoms with van der Waals surface area (Å²) in [6.45, 7) is 3.36. The van der Waals surface area contributed by atoms with Gasteiger partial charge in [-0.05, 0) is 43.2 Å². The van der Waals surface area contributed by atoms with E-state index in [0.29, 0.717) is 0 Å². The van der Waals surface area contributed by atoms with Crippen molar-refractivity contribution < 1.29 is 0 Å². The maximum Gasteiger partial charge on any atom is 0.0482 e. The first kappa shape index (κ1) is 10.9. The Hall–Kier alpha value is -1.24. The van der Waals surface area contributed by atoms with Crippen molar-refractivity contribution in [1.29, 1.82) is 0 Å². The zero-order valence-electron chi connectivity index (χ0n) is 10.7. The van der Waals surface area contributed by atoms with E-state index in [1.165, 1.54) is 43.0 Å². The second-order valence-electron chi connectivity index (χ2n) is 5.21. The lowest BCUT2D eigenvalue weighted by molar-refractivity contribution is 0.427. The normalized spacial score (nSPS) is 17.7. The fraction of sp³-hybridized carbons (Fsp3) is 0.500. The van der Waals surface area contributed by atoms with E-state index < -0.39 is 0 Å². The fourth-order valence-electron chi connectivity index (χ4n) is 3.32. The van der Waals surface area contributed by atoms with Gasteiger partial charge in [-0.1, -0.05) is 37.5 Å². The van der Waals surface area contributed by atoms with Crippen LogP contribution in [0.5, 0.6) is 0 Å². The molecule has 1 heterocycles. The summed E-state index contributed by atoms with van der Waals surface area (Å²) in [5.74, 6) is 0.802. The first-order valence-electron chi connectivity index (χ1n) is 6.98. The first-order chi connectivity index (χ1) is 8.40. The number of fused-ring (bicyclic) bond motifs is 1. The third-order valence-corrected chi connectivity index (χ3v) is 4.18. The minimum Gasteiger partial charge on any atom is -0.345 e. The third kappa shape index (κ3) is 1.88. The number of rotatable bonds is 2. The highest BCUT2D eigenvalue weighted by atomic mass is 15.0. The highest BCUT2D eigenvalue weighted by Gasteiger charge is 2.19. The molecule has 0 atom stereocenters. The van der Waals surface area contributed by atoms with Gasteiger partial charge in [-0.15, -0.1) is 0 Å². The molecule has 1 heteroatoms. The molecule has 1 aliphatic carbocycles. The molecule has 0 amide bonds. The first-order valence-corrected chi connectivity index (χ1v) is 6.98. The number of hydrogen-bond acceptors (Lipinski definition) is 0. The smallest absolute Gasteiger partial charge is 0.0482 e. The third-order valence-electron chi connectivity index (χ3n) is 4.18. The van der Waals surface area contributed by atoms with Crippen molar-refractivity contribution in [2.45, 2.75) is 51.5 Å². The van der Waals surface area contributed by atoms with Gasteiger partial charge in [0.05, 0.1) is 0 Å². The molecule has 0 aliphatic heterocycles. The average Bonchev–Trinajstić information content (AvgIpc) is 2.78. The zero-order chi connectivity index (χ0) is 11.7. The molecule has 0 N–H and O–H groups in total. The van der Waals surface area contributed by atoms with Crippen molar-refractivity contribution in [3.63, 3.8) is 0 Å². The van der Waals surface area contributed by atoms with Gasteiger partial charge < -0.3 is 4.57 Å². The predicted molar refractivity (Wildman–Crippen MR) is 73.4 cm³/mol. The van der Waals surface area contributed by atoms with Crippen LogP contribution in [0.15, 0.2) is 30.3 Å². The Balaban J connectivity index is 2.08. The van der Waals surface area contributed by atoms with Gasteiger partial charge in [0.2, 0.25) is 0 Å². The summed E-state index contributed by atoms with van der Waals surface area (Å²) in [5.41, 5.74) is 2.99. The summed E-state index contributed by atoms with van der Waals surface area (Å²) in [6.07, 6.45) is 7.03. The van der Waals surface area contributed by atoms with Crippen molar-refractivity contribution >= 4 is 10.9 Å². The molecule has 0 saturated heterocycles. The average molecular weight is 227 g/mol. The maximum absolute atomic E-state index is 2.52. The lowest BCUT2D eigenvalue weighted by atomic mass is 9.87. The number of hydrogen-bond donors (Lipinski definition) is 0. The largest absolute Gasteiger partial charge is 0.345 e. The molecule has 1 aliphatic rings. The number of para-hydroxylation sites is 1. The van der Waals surface area contributed by atoms with Crippen LogP contribution in [0.3, 0.4) is 0 Å². The summed E-state index contributed by atoms with van der Waals surface area (Å²) >= 11 is 0. The molecular formula is C16H21N. The SMILES string of the molecule is CCn1c(C2CCCCC2)cc2ccccc21. The Labute approximate surface area is 103 Å². The lowest BCUT2D eigenvalue weighted by Crippen LogP contribution is -2.10. The van der Waals surface area contributed by atoms with Gasteiger partial charge in [0.25, 0.3) is 0 Å². The molecule has 0 radical (unpaired) electrons. The molecular weight excluding hydrogens is 206 g/mol. The van der Waals surface area contributed by atoms with Crippen molar-refractivity contribution in [1.82, 2.24) is 4.57 Å². The Bertz CT molecular complexity index is 503. The van der Waals surface area contributed by atoms with E-state index >= 15 is 0 Å². The van der Waals surface area contributed by atoms with Crippen molar-refractivity contribution in [3.8, 4) is 0 Å². The van der Waals surface area contributed by atoms with Crippen LogP contribution in [0, 0.1) is 0 Å². The van der Waals surface area contributed by atoms with E-state index in [1.807, 2.05) is 0 Å². The van der Waals surface area contributed by atoms with Crippen LogP contribution in [0.1, 0.15) is 50.6 Å². The molecule has 0 unspecified atom stereocenters. The van der Waals surface area contributed by atoms with E-state index in [-0.39, 0.29) is 0 Å². The van der Waals surface area contributed by atoms with Gasteiger partial charge in [-0.25, -0.2) is 0 Å². The summed E-state index contributed by atoms with van der Waals surface area (Å²) in [7, 11) is 0. The Kier molecular flexibility index (Phi) is 2.92. The highest BCUT2D eigenvalue weighted by Crippen LogP contribution is 2.35. The maximum atomic E-state index is 2.52. The van der Waals surface area contributed by atoms with Gasteiger partial charge in [-0.2, -0.15) is 0 Å². The lowest BCUT2D eigenvalue weighted by Gasteiger charge is -2.23. The molecule has 1 nitrogen and oxygen atoms in total. The summed E-state index contributed by atoms with van der Waals surface area (Å²) < 4.78 is 2.52. The van der Waals surface area contributed by atoms with Crippen LogP contribution in [-0.2, 0) is 6.54 Å². The Morgan fingerprint density at radius 1 is 1.12 bits per heavy atom. The van der Waals surface area contributed by atoms with Crippen LogP contribution in [0.4, 0.5) is 0 Å². The minimum atomic E-state index is 0.802. The minimum absolute atomic E-state index is 0.802. The van der Waals surface area contributed by atoms with E-state index in [4.69, 9.17) is 0 Å². The molecule has 1 aromatic carbocycles. The fourth-order valence-corrected chi connectivity index (χ4v) is 3.32. The van der Waals surface area contributed by atoms with Crippen LogP contribution in [-0.4, -0.2) is 4.57 Å². The van der Waals surface area contributed by atoms with Gasteiger partial charge in [0.15, 0.2) is 0 Å². The van der Waals surface area contributed by atoms with Crippen molar-refractivity contribution in [2.24, 2.45) is 0 Å². The van der Waals surface area contributed by atoms with Crippen LogP contribution < -0.4 is 0 Å².